The van der Waals surface area contributed by atoms with Gasteiger partial charge in [-0.25, -0.2) is 4.98 Å². The zero-order valence-electron chi connectivity index (χ0n) is 17.2. The summed E-state index contributed by atoms with van der Waals surface area (Å²) in [5, 5.41) is 5.39. The van der Waals surface area contributed by atoms with Crippen LogP contribution in [0, 0.1) is 5.92 Å². The smallest absolute Gasteiger partial charge is 0.275 e. The molecule has 29 heavy (non-hydrogen) atoms. The molecule has 0 spiro atoms. The van der Waals surface area contributed by atoms with Crippen LogP contribution in [0.2, 0.25) is 0 Å². The Hall–Kier alpha value is -2.45. The molecule has 0 amide bonds. The second kappa shape index (κ2) is 8.51. The van der Waals surface area contributed by atoms with Crippen molar-refractivity contribution in [2.24, 2.45) is 5.92 Å². The van der Waals surface area contributed by atoms with Gasteiger partial charge < -0.3 is 9.64 Å². The Morgan fingerprint density at radius 2 is 1.93 bits per heavy atom. The van der Waals surface area contributed by atoms with Gasteiger partial charge in [0.05, 0.1) is 18.5 Å². The van der Waals surface area contributed by atoms with Gasteiger partial charge in [-0.3, -0.25) is 9.69 Å². The third-order valence-electron chi connectivity index (χ3n) is 5.11. The number of hydrogen-bond acceptors (Lipinski definition) is 7. The summed E-state index contributed by atoms with van der Waals surface area (Å²) in [4.78, 5) is 22.6. The molecule has 0 bridgehead atoms. The van der Waals surface area contributed by atoms with Gasteiger partial charge in [0.25, 0.3) is 5.56 Å². The molecule has 1 aromatic carbocycles. The number of rotatable bonds is 6. The zero-order chi connectivity index (χ0) is 20.4. The third kappa shape index (κ3) is 4.43. The van der Waals surface area contributed by atoms with Crippen molar-refractivity contribution in [1.82, 2.24) is 19.5 Å². The molecule has 0 aliphatic carbocycles. The molecular weight excluding hydrogens is 386 g/mol. The minimum atomic E-state index is -0.0936. The number of fused-ring (bicyclic) bond motifs is 1. The summed E-state index contributed by atoms with van der Waals surface area (Å²) in [5.74, 6) is 1.41. The van der Waals surface area contributed by atoms with E-state index >= 15 is 0 Å². The lowest BCUT2D eigenvalue weighted by Crippen LogP contribution is -2.46. The van der Waals surface area contributed by atoms with Crippen LogP contribution in [0.4, 0.5) is 5.69 Å². The first-order chi connectivity index (χ1) is 14.0. The fraction of sp³-hybridized carbons (Fsp3) is 0.476. The van der Waals surface area contributed by atoms with E-state index in [0.29, 0.717) is 17.4 Å². The Morgan fingerprint density at radius 3 is 2.66 bits per heavy atom. The van der Waals surface area contributed by atoms with E-state index < -0.39 is 0 Å². The van der Waals surface area contributed by atoms with Crippen LogP contribution in [0.5, 0.6) is 5.75 Å². The zero-order valence-corrected chi connectivity index (χ0v) is 18.0. The first-order valence-corrected chi connectivity index (χ1v) is 10.8. The number of methoxy groups -OCH3 is 1. The number of aromatic nitrogens is 3. The maximum atomic E-state index is 12.5. The molecule has 2 aromatic heterocycles. The minimum Gasteiger partial charge on any atom is -0.495 e. The van der Waals surface area contributed by atoms with Gasteiger partial charge in [-0.2, -0.15) is 9.61 Å². The number of hydrogen-bond donors (Lipinski definition) is 0. The average Bonchev–Trinajstić information content (AvgIpc) is 3.11. The fourth-order valence-corrected chi connectivity index (χ4v) is 4.81. The lowest BCUT2D eigenvalue weighted by atomic mass is 10.1. The van der Waals surface area contributed by atoms with E-state index in [1.807, 2.05) is 18.2 Å². The summed E-state index contributed by atoms with van der Waals surface area (Å²) in [7, 11) is 1.71. The van der Waals surface area contributed by atoms with Gasteiger partial charge in [-0.1, -0.05) is 37.3 Å². The Kier molecular flexibility index (Phi) is 5.82. The van der Waals surface area contributed by atoms with E-state index in [-0.39, 0.29) is 5.56 Å². The lowest BCUT2D eigenvalue weighted by Gasteiger charge is -2.36. The summed E-state index contributed by atoms with van der Waals surface area (Å²) in [6.45, 7) is 8.65. The van der Waals surface area contributed by atoms with Gasteiger partial charge in [0.2, 0.25) is 4.96 Å². The topological polar surface area (TPSA) is 63.0 Å². The quantitative estimate of drug-likeness (QED) is 0.619. The van der Waals surface area contributed by atoms with Crippen LogP contribution in [0.3, 0.4) is 0 Å². The fourth-order valence-electron chi connectivity index (χ4n) is 3.68. The van der Waals surface area contributed by atoms with Crippen LogP contribution >= 0.6 is 11.3 Å². The minimum absolute atomic E-state index is 0.0936. The van der Waals surface area contributed by atoms with E-state index in [4.69, 9.17) is 9.72 Å². The van der Waals surface area contributed by atoms with E-state index in [9.17, 15) is 4.79 Å². The third-order valence-corrected chi connectivity index (χ3v) is 6.04. The van der Waals surface area contributed by atoms with Gasteiger partial charge in [-0.05, 0) is 18.1 Å². The number of ether oxygens (including phenoxy) is 1. The standard InChI is InChI=1S/C21H27N5O2S/c1-15(2)12-19-23-26-20(27)13-16(22-21(26)29-19)14-24-8-10-25(11-9-24)17-6-4-5-7-18(17)28-3/h4-7,13,15H,8-12,14H2,1-3H3. The van der Waals surface area contributed by atoms with Crippen LogP contribution in [-0.2, 0) is 13.0 Å². The van der Waals surface area contributed by atoms with Gasteiger partial charge in [0.1, 0.15) is 10.8 Å². The molecule has 1 aliphatic rings. The number of para-hydroxylation sites is 2. The second-order valence-corrected chi connectivity index (χ2v) is 8.85. The van der Waals surface area contributed by atoms with Crippen molar-refractivity contribution in [3.8, 4) is 5.75 Å². The molecule has 3 heterocycles. The number of anilines is 1. The predicted octanol–water partition coefficient (Wildman–Crippen LogP) is 2.68. The summed E-state index contributed by atoms with van der Waals surface area (Å²) in [5.41, 5.74) is 1.86. The summed E-state index contributed by atoms with van der Waals surface area (Å²) in [6.07, 6.45) is 0.869. The van der Waals surface area contributed by atoms with Crippen molar-refractivity contribution in [3.05, 3.63) is 51.4 Å². The maximum absolute atomic E-state index is 12.5. The van der Waals surface area contributed by atoms with Crippen molar-refractivity contribution in [3.63, 3.8) is 0 Å². The van der Waals surface area contributed by atoms with Crippen molar-refractivity contribution in [1.29, 1.82) is 0 Å². The SMILES string of the molecule is COc1ccccc1N1CCN(Cc2cc(=O)n3nc(CC(C)C)sc3n2)CC1. The molecule has 0 radical (unpaired) electrons. The van der Waals surface area contributed by atoms with Gasteiger partial charge >= 0.3 is 0 Å². The van der Waals surface area contributed by atoms with Gasteiger partial charge in [0.15, 0.2) is 0 Å². The molecule has 0 atom stereocenters. The first kappa shape index (κ1) is 19.8. The number of piperazine rings is 1. The Morgan fingerprint density at radius 1 is 1.17 bits per heavy atom. The predicted molar refractivity (Wildman–Crippen MR) is 116 cm³/mol. The summed E-state index contributed by atoms with van der Waals surface area (Å²) >= 11 is 1.52. The summed E-state index contributed by atoms with van der Waals surface area (Å²) < 4.78 is 6.93. The molecule has 4 rings (SSSR count). The molecule has 154 valence electrons. The number of nitrogens with zero attached hydrogens (tertiary/aromatic N) is 5. The van der Waals surface area contributed by atoms with Crippen molar-refractivity contribution < 1.29 is 4.74 Å². The van der Waals surface area contributed by atoms with Crippen molar-refractivity contribution in [2.45, 2.75) is 26.8 Å². The Balaban J connectivity index is 1.44. The van der Waals surface area contributed by atoms with E-state index in [0.717, 1.165) is 54.7 Å². The van der Waals surface area contributed by atoms with E-state index in [2.05, 4.69) is 34.8 Å². The Labute approximate surface area is 174 Å². The normalized spacial score (nSPS) is 15.4. The monoisotopic (exact) mass is 413 g/mol. The molecule has 0 saturated carbocycles. The molecular formula is C21H27N5O2S. The van der Waals surface area contributed by atoms with Crippen LogP contribution in [0.15, 0.2) is 35.1 Å². The molecule has 0 N–H and O–H groups in total. The van der Waals surface area contributed by atoms with Crippen LogP contribution in [0.1, 0.15) is 24.5 Å². The molecule has 3 aromatic rings. The van der Waals surface area contributed by atoms with E-state index in [1.54, 1.807) is 13.2 Å². The largest absolute Gasteiger partial charge is 0.495 e. The van der Waals surface area contributed by atoms with Crippen molar-refractivity contribution >= 4 is 22.0 Å². The molecule has 1 saturated heterocycles. The van der Waals surface area contributed by atoms with Crippen LogP contribution < -0.4 is 15.2 Å². The average molecular weight is 414 g/mol. The Bertz CT molecular complexity index is 1040. The molecule has 8 heteroatoms. The molecule has 1 aliphatic heterocycles. The first-order valence-electron chi connectivity index (χ1n) is 10.0. The second-order valence-electron chi connectivity index (χ2n) is 7.81. The number of benzene rings is 1. The van der Waals surface area contributed by atoms with Gasteiger partial charge in [0, 0.05) is 45.2 Å². The molecule has 1 fully saturated rings. The highest BCUT2D eigenvalue weighted by molar-refractivity contribution is 7.16. The highest BCUT2D eigenvalue weighted by Crippen LogP contribution is 2.28. The van der Waals surface area contributed by atoms with E-state index in [1.165, 1.54) is 15.9 Å². The highest BCUT2D eigenvalue weighted by atomic mass is 32.1. The molecule has 7 nitrogen and oxygen atoms in total. The maximum Gasteiger partial charge on any atom is 0.275 e. The van der Waals surface area contributed by atoms with Crippen LogP contribution in [-0.4, -0.2) is 52.8 Å². The van der Waals surface area contributed by atoms with Crippen LogP contribution in [0.25, 0.3) is 4.96 Å². The highest BCUT2D eigenvalue weighted by Gasteiger charge is 2.20. The molecule has 0 unspecified atom stereocenters. The summed E-state index contributed by atoms with van der Waals surface area (Å²) in [6, 6.07) is 9.75. The lowest BCUT2D eigenvalue weighted by molar-refractivity contribution is 0.246. The van der Waals surface area contributed by atoms with Crippen molar-refractivity contribution in [2.75, 3.05) is 38.2 Å². The van der Waals surface area contributed by atoms with Gasteiger partial charge in [-0.15, -0.1) is 0 Å².